The molecule has 0 aromatic heterocycles. The number of hydrogen-bond donors (Lipinski definition) is 0. The third kappa shape index (κ3) is 6.32. The number of halogens is 2. The topological polar surface area (TPSA) is 44.8 Å². The van der Waals surface area contributed by atoms with Crippen molar-refractivity contribution in [2.45, 2.75) is 76.9 Å². The van der Waals surface area contributed by atoms with Gasteiger partial charge in [-0.2, -0.15) is 0 Å². The minimum Gasteiger partial charge on any atom is -0.466 e. The summed E-state index contributed by atoms with van der Waals surface area (Å²) in [6.07, 6.45) is 7.75. The SMILES string of the molecule is CCc1ccc(OCOC2CCC(C3CCC(CCCF)C(=O)O3)CC2)c(Cl)c1. The largest absolute Gasteiger partial charge is 0.466 e. The molecule has 1 saturated carbocycles. The number of rotatable bonds is 9. The first-order chi connectivity index (χ1) is 14.1. The summed E-state index contributed by atoms with van der Waals surface area (Å²) < 4.78 is 29.6. The summed E-state index contributed by atoms with van der Waals surface area (Å²) in [4.78, 5) is 12.2. The second-order valence-electron chi connectivity index (χ2n) is 8.16. The minimum absolute atomic E-state index is 0.0113. The zero-order valence-electron chi connectivity index (χ0n) is 17.2. The van der Waals surface area contributed by atoms with Crippen LogP contribution in [-0.4, -0.2) is 31.6 Å². The molecule has 0 radical (unpaired) electrons. The van der Waals surface area contributed by atoms with Crippen LogP contribution in [0.15, 0.2) is 18.2 Å². The molecular formula is C23H32ClFO4. The number of benzene rings is 1. The number of alkyl halides is 1. The van der Waals surface area contributed by atoms with Gasteiger partial charge in [0.15, 0.2) is 6.79 Å². The molecule has 2 fully saturated rings. The number of ether oxygens (including phenoxy) is 3. The van der Waals surface area contributed by atoms with Crippen molar-refractivity contribution in [3.63, 3.8) is 0 Å². The molecule has 1 aromatic rings. The van der Waals surface area contributed by atoms with Crippen molar-refractivity contribution in [2.75, 3.05) is 13.5 Å². The Labute approximate surface area is 178 Å². The maximum Gasteiger partial charge on any atom is 0.309 e. The zero-order valence-corrected chi connectivity index (χ0v) is 18.0. The Hall–Kier alpha value is -1.33. The number of esters is 1. The molecule has 0 N–H and O–H groups in total. The lowest BCUT2D eigenvalue weighted by atomic mass is 9.80. The summed E-state index contributed by atoms with van der Waals surface area (Å²) in [6, 6.07) is 5.83. The van der Waals surface area contributed by atoms with Gasteiger partial charge in [-0.15, -0.1) is 0 Å². The zero-order chi connectivity index (χ0) is 20.6. The van der Waals surface area contributed by atoms with E-state index < -0.39 is 0 Å². The Bertz CT molecular complexity index is 660. The summed E-state index contributed by atoms with van der Waals surface area (Å²) in [5.74, 6) is 0.802. The van der Waals surface area contributed by atoms with E-state index in [0.717, 1.165) is 44.9 Å². The van der Waals surface area contributed by atoms with Crippen molar-refractivity contribution in [1.29, 1.82) is 0 Å². The van der Waals surface area contributed by atoms with Crippen LogP contribution in [0.5, 0.6) is 5.75 Å². The quantitative estimate of drug-likeness (QED) is 0.365. The fraction of sp³-hybridized carbons (Fsp3) is 0.696. The number of hydrogen-bond acceptors (Lipinski definition) is 4. The molecule has 0 bridgehead atoms. The van der Waals surface area contributed by atoms with Crippen molar-refractivity contribution in [1.82, 2.24) is 0 Å². The van der Waals surface area contributed by atoms with Crippen LogP contribution in [-0.2, 0) is 20.7 Å². The highest BCUT2D eigenvalue weighted by Crippen LogP contribution is 2.36. The van der Waals surface area contributed by atoms with Gasteiger partial charge in [0.25, 0.3) is 0 Å². The van der Waals surface area contributed by atoms with Gasteiger partial charge in [-0.25, -0.2) is 0 Å². The summed E-state index contributed by atoms with van der Waals surface area (Å²) in [6.45, 7) is 1.91. The van der Waals surface area contributed by atoms with Gasteiger partial charge < -0.3 is 14.2 Å². The molecule has 2 unspecified atom stereocenters. The van der Waals surface area contributed by atoms with E-state index in [1.54, 1.807) is 0 Å². The van der Waals surface area contributed by atoms with E-state index >= 15 is 0 Å². The smallest absolute Gasteiger partial charge is 0.309 e. The highest BCUT2D eigenvalue weighted by atomic mass is 35.5. The number of carbonyl (C=O) groups is 1. The number of carbonyl (C=O) groups excluding carboxylic acids is 1. The van der Waals surface area contributed by atoms with Gasteiger partial charge >= 0.3 is 5.97 Å². The van der Waals surface area contributed by atoms with Crippen molar-refractivity contribution in [3.8, 4) is 5.75 Å². The molecule has 1 saturated heterocycles. The maximum absolute atomic E-state index is 12.3. The molecule has 1 aromatic carbocycles. The number of cyclic esters (lactones) is 1. The van der Waals surface area contributed by atoms with Crippen LogP contribution in [0.2, 0.25) is 5.02 Å². The molecule has 1 aliphatic carbocycles. The van der Waals surface area contributed by atoms with Crippen LogP contribution in [0, 0.1) is 11.8 Å². The van der Waals surface area contributed by atoms with Gasteiger partial charge in [0.05, 0.1) is 23.7 Å². The van der Waals surface area contributed by atoms with E-state index in [4.69, 9.17) is 25.8 Å². The third-order valence-corrected chi connectivity index (χ3v) is 6.55. The van der Waals surface area contributed by atoms with Crippen LogP contribution in [0.25, 0.3) is 0 Å². The van der Waals surface area contributed by atoms with Crippen LogP contribution in [0.4, 0.5) is 4.39 Å². The van der Waals surface area contributed by atoms with E-state index in [0.29, 0.717) is 29.5 Å². The lowest BCUT2D eigenvalue weighted by Gasteiger charge is -2.37. The average molecular weight is 427 g/mol. The van der Waals surface area contributed by atoms with Crippen LogP contribution < -0.4 is 4.74 Å². The first kappa shape index (κ1) is 22.4. The highest BCUT2D eigenvalue weighted by molar-refractivity contribution is 6.32. The standard InChI is InChI=1S/C23H32ClFO4/c1-2-16-5-11-22(20(24)14-16)28-15-27-19-9-6-17(7-10-19)21-12-8-18(4-3-13-25)23(26)29-21/h5,11,14,17-19,21H,2-4,6-10,12-13,15H2,1H3. The van der Waals surface area contributed by atoms with E-state index in [9.17, 15) is 9.18 Å². The summed E-state index contributed by atoms with van der Waals surface area (Å²) in [5.41, 5.74) is 1.18. The molecule has 2 aliphatic rings. The van der Waals surface area contributed by atoms with Crippen molar-refractivity contribution < 1.29 is 23.4 Å². The lowest BCUT2D eigenvalue weighted by molar-refractivity contribution is -0.166. The summed E-state index contributed by atoms with van der Waals surface area (Å²) >= 11 is 6.24. The van der Waals surface area contributed by atoms with Crippen LogP contribution in [0.3, 0.4) is 0 Å². The molecule has 29 heavy (non-hydrogen) atoms. The van der Waals surface area contributed by atoms with Gasteiger partial charge in [0, 0.05) is 0 Å². The molecule has 162 valence electrons. The predicted molar refractivity (Wildman–Crippen MR) is 111 cm³/mol. The molecule has 0 spiro atoms. The van der Waals surface area contributed by atoms with Gasteiger partial charge in [-0.1, -0.05) is 24.6 Å². The average Bonchev–Trinajstić information content (AvgIpc) is 2.74. The van der Waals surface area contributed by atoms with Gasteiger partial charge in [0.1, 0.15) is 11.9 Å². The van der Waals surface area contributed by atoms with Crippen molar-refractivity contribution in [2.24, 2.45) is 11.8 Å². The summed E-state index contributed by atoms with van der Waals surface area (Å²) in [5, 5.41) is 0.612. The molecule has 1 heterocycles. The minimum atomic E-state index is -0.364. The molecule has 6 heteroatoms. The van der Waals surface area contributed by atoms with E-state index in [2.05, 4.69) is 6.92 Å². The Morgan fingerprint density at radius 3 is 2.62 bits per heavy atom. The Balaban J connectivity index is 1.36. The fourth-order valence-corrected chi connectivity index (χ4v) is 4.67. The number of aryl methyl sites for hydroxylation is 1. The Morgan fingerprint density at radius 2 is 1.97 bits per heavy atom. The second kappa shape index (κ2) is 11.2. The first-order valence-corrected chi connectivity index (χ1v) is 11.3. The molecule has 1 aliphatic heterocycles. The molecule has 4 nitrogen and oxygen atoms in total. The molecule has 2 atom stereocenters. The maximum atomic E-state index is 12.3. The molecular weight excluding hydrogens is 395 g/mol. The second-order valence-corrected chi connectivity index (χ2v) is 8.57. The van der Waals surface area contributed by atoms with Crippen molar-refractivity contribution >= 4 is 17.6 Å². The van der Waals surface area contributed by atoms with E-state index in [1.807, 2.05) is 18.2 Å². The monoisotopic (exact) mass is 426 g/mol. The summed E-state index contributed by atoms with van der Waals surface area (Å²) in [7, 11) is 0. The van der Waals surface area contributed by atoms with Crippen LogP contribution >= 0.6 is 11.6 Å². The van der Waals surface area contributed by atoms with E-state index in [-0.39, 0.29) is 37.6 Å². The predicted octanol–water partition coefficient (Wildman–Crippen LogP) is 5.89. The van der Waals surface area contributed by atoms with Crippen molar-refractivity contribution in [3.05, 3.63) is 28.8 Å². The normalized spacial score (nSPS) is 27.5. The van der Waals surface area contributed by atoms with E-state index in [1.165, 1.54) is 5.56 Å². The van der Waals surface area contributed by atoms with Gasteiger partial charge in [-0.3, -0.25) is 9.18 Å². The molecule has 3 rings (SSSR count). The Kier molecular flexibility index (Phi) is 8.61. The third-order valence-electron chi connectivity index (χ3n) is 6.25. The highest BCUT2D eigenvalue weighted by Gasteiger charge is 2.36. The first-order valence-electron chi connectivity index (χ1n) is 10.9. The fourth-order valence-electron chi connectivity index (χ4n) is 4.41. The lowest BCUT2D eigenvalue weighted by Crippen LogP contribution is -2.38. The Morgan fingerprint density at radius 1 is 1.17 bits per heavy atom. The van der Waals surface area contributed by atoms with Gasteiger partial charge in [-0.05, 0) is 81.4 Å². The van der Waals surface area contributed by atoms with Gasteiger partial charge in [0.2, 0.25) is 0 Å². The molecule has 0 amide bonds. The van der Waals surface area contributed by atoms with Crippen LogP contribution in [0.1, 0.15) is 63.9 Å².